The van der Waals surface area contributed by atoms with Gasteiger partial charge in [-0.3, -0.25) is 4.79 Å². The van der Waals surface area contributed by atoms with Crippen LogP contribution in [0.1, 0.15) is 21.5 Å². The fourth-order valence-electron chi connectivity index (χ4n) is 2.66. The summed E-state index contributed by atoms with van der Waals surface area (Å²) in [6, 6.07) is 14.3. The first-order chi connectivity index (χ1) is 14.0. The highest BCUT2D eigenvalue weighted by molar-refractivity contribution is 6.06. The zero-order valence-electron chi connectivity index (χ0n) is 15.6. The number of carbonyl (C=O) groups is 1. The van der Waals surface area contributed by atoms with Crippen LogP contribution < -0.4 is 9.47 Å². The van der Waals surface area contributed by atoms with E-state index in [1.807, 2.05) is 0 Å². The Morgan fingerprint density at radius 2 is 1.72 bits per heavy atom. The summed E-state index contributed by atoms with van der Waals surface area (Å²) in [5.41, 5.74) is 1.80. The van der Waals surface area contributed by atoms with Crippen molar-refractivity contribution in [3.63, 3.8) is 0 Å². The van der Waals surface area contributed by atoms with Gasteiger partial charge in [-0.15, -0.1) is 0 Å². The minimum atomic E-state index is -0.792. The normalized spacial score (nSPS) is 10.9. The van der Waals surface area contributed by atoms with Gasteiger partial charge in [0, 0.05) is 17.2 Å². The van der Waals surface area contributed by atoms with Gasteiger partial charge in [0.25, 0.3) is 0 Å². The number of hydrogen-bond donors (Lipinski definition) is 1. The molecule has 3 aromatic rings. The fraction of sp³-hybridized carbons (Fsp3) is 0.0870. The van der Waals surface area contributed by atoms with Crippen molar-refractivity contribution in [3.05, 3.63) is 95.1 Å². The van der Waals surface area contributed by atoms with Gasteiger partial charge in [0.15, 0.2) is 17.3 Å². The first kappa shape index (κ1) is 20.1. The van der Waals surface area contributed by atoms with Gasteiger partial charge in [0.05, 0.1) is 7.11 Å². The molecular weight excluding hydrogens is 378 g/mol. The highest BCUT2D eigenvalue weighted by Gasteiger charge is 2.09. The molecule has 0 spiro atoms. The number of phenols is 1. The summed E-state index contributed by atoms with van der Waals surface area (Å²) < 4.78 is 37.5. The third-order valence-corrected chi connectivity index (χ3v) is 4.16. The van der Waals surface area contributed by atoms with Crippen LogP contribution in [0.3, 0.4) is 0 Å². The molecule has 4 nitrogen and oxygen atoms in total. The van der Waals surface area contributed by atoms with Crippen LogP contribution in [-0.4, -0.2) is 18.0 Å². The maximum Gasteiger partial charge on any atom is 0.185 e. The van der Waals surface area contributed by atoms with E-state index in [9.17, 15) is 18.7 Å². The van der Waals surface area contributed by atoms with Crippen LogP contribution in [0.2, 0.25) is 0 Å². The van der Waals surface area contributed by atoms with Crippen LogP contribution in [0.5, 0.6) is 17.2 Å². The number of benzene rings is 3. The highest BCUT2D eigenvalue weighted by Crippen LogP contribution is 2.24. The van der Waals surface area contributed by atoms with Gasteiger partial charge < -0.3 is 14.6 Å². The van der Waals surface area contributed by atoms with E-state index in [1.165, 1.54) is 43.5 Å². The Hall–Kier alpha value is -3.67. The quantitative estimate of drug-likeness (QED) is 0.443. The van der Waals surface area contributed by atoms with E-state index in [2.05, 4.69) is 0 Å². The number of carbonyl (C=O) groups excluding carboxylic acids is 1. The average Bonchev–Trinajstić information content (AvgIpc) is 2.72. The molecule has 3 rings (SSSR count). The van der Waals surface area contributed by atoms with Crippen molar-refractivity contribution in [2.75, 3.05) is 7.11 Å². The Morgan fingerprint density at radius 1 is 1.00 bits per heavy atom. The third kappa shape index (κ3) is 5.19. The summed E-state index contributed by atoms with van der Waals surface area (Å²) in [7, 11) is 1.50. The van der Waals surface area contributed by atoms with Gasteiger partial charge >= 0.3 is 0 Å². The Kier molecular flexibility index (Phi) is 6.24. The van der Waals surface area contributed by atoms with Crippen LogP contribution in [-0.2, 0) is 6.61 Å². The SMILES string of the molecule is COc1ccc(/C=C/C(=O)c2ccc(O)cc2)cc1COc1ccc(F)cc1F. The zero-order chi connectivity index (χ0) is 20.8. The number of hydrogen-bond acceptors (Lipinski definition) is 4. The average molecular weight is 396 g/mol. The molecule has 0 bridgehead atoms. The van der Waals surface area contributed by atoms with Crippen LogP contribution >= 0.6 is 0 Å². The molecule has 0 aromatic heterocycles. The van der Waals surface area contributed by atoms with Gasteiger partial charge in [-0.05, 0) is 60.2 Å². The number of ether oxygens (including phenoxy) is 2. The lowest BCUT2D eigenvalue weighted by Gasteiger charge is -2.12. The molecular formula is C23H18F2O4. The molecule has 148 valence electrons. The molecule has 1 N–H and O–H groups in total. The van der Waals surface area contributed by atoms with E-state index < -0.39 is 11.6 Å². The van der Waals surface area contributed by atoms with Crippen molar-refractivity contribution in [2.45, 2.75) is 6.61 Å². The molecule has 29 heavy (non-hydrogen) atoms. The summed E-state index contributed by atoms with van der Waals surface area (Å²) in [4.78, 5) is 12.2. The first-order valence-electron chi connectivity index (χ1n) is 8.72. The highest BCUT2D eigenvalue weighted by atomic mass is 19.1. The Bertz CT molecular complexity index is 1040. The van der Waals surface area contributed by atoms with E-state index in [4.69, 9.17) is 9.47 Å². The summed E-state index contributed by atoms with van der Waals surface area (Å²) in [6.07, 6.45) is 3.05. The second-order valence-electron chi connectivity index (χ2n) is 6.18. The van der Waals surface area contributed by atoms with Gasteiger partial charge in [0.2, 0.25) is 0 Å². The van der Waals surface area contributed by atoms with Crippen molar-refractivity contribution >= 4 is 11.9 Å². The molecule has 0 unspecified atom stereocenters. The number of halogens is 2. The largest absolute Gasteiger partial charge is 0.508 e. The van der Waals surface area contributed by atoms with E-state index in [0.717, 1.165) is 17.7 Å². The summed E-state index contributed by atoms with van der Waals surface area (Å²) in [5, 5.41) is 9.29. The maximum absolute atomic E-state index is 13.8. The molecule has 0 radical (unpaired) electrons. The number of ketones is 1. The topological polar surface area (TPSA) is 55.8 Å². The number of phenolic OH excluding ortho intramolecular Hbond substituents is 1. The van der Waals surface area contributed by atoms with E-state index >= 15 is 0 Å². The predicted octanol–water partition coefficient (Wildman–Crippen LogP) is 5.15. The third-order valence-electron chi connectivity index (χ3n) is 4.16. The number of aromatic hydroxyl groups is 1. The predicted molar refractivity (Wildman–Crippen MR) is 105 cm³/mol. The van der Waals surface area contributed by atoms with Crippen molar-refractivity contribution < 1.29 is 28.2 Å². The minimum absolute atomic E-state index is 0.000680. The lowest BCUT2D eigenvalue weighted by Crippen LogP contribution is -2.01. The molecule has 0 aliphatic carbocycles. The molecule has 0 fully saturated rings. The van der Waals surface area contributed by atoms with Crippen LogP contribution in [0, 0.1) is 11.6 Å². The van der Waals surface area contributed by atoms with Crippen molar-refractivity contribution in [1.29, 1.82) is 0 Å². The fourth-order valence-corrected chi connectivity index (χ4v) is 2.66. The van der Waals surface area contributed by atoms with Gasteiger partial charge in [-0.25, -0.2) is 8.78 Å². The first-order valence-corrected chi connectivity index (χ1v) is 8.72. The maximum atomic E-state index is 13.8. The molecule has 0 aliphatic heterocycles. The monoisotopic (exact) mass is 396 g/mol. The molecule has 6 heteroatoms. The number of methoxy groups -OCH3 is 1. The summed E-state index contributed by atoms with van der Waals surface area (Å²) >= 11 is 0. The minimum Gasteiger partial charge on any atom is -0.508 e. The lowest BCUT2D eigenvalue weighted by molar-refractivity contribution is 0.104. The molecule has 0 aliphatic rings. The Morgan fingerprint density at radius 3 is 2.41 bits per heavy atom. The summed E-state index contributed by atoms with van der Waals surface area (Å²) in [5.74, 6) is -1.14. The number of rotatable bonds is 7. The van der Waals surface area contributed by atoms with E-state index in [1.54, 1.807) is 24.3 Å². The van der Waals surface area contributed by atoms with E-state index in [0.29, 0.717) is 16.9 Å². The molecule has 0 saturated carbocycles. The Labute approximate surface area is 166 Å². The van der Waals surface area contributed by atoms with Crippen molar-refractivity contribution in [1.82, 2.24) is 0 Å². The Balaban J connectivity index is 1.75. The van der Waals surface area contributed by atoms with Gasteiger partial charge in [-0.1, -0.05) is 12.1 Å². The zero-order valence-corrected chi connectivity index (χ0v) is 15.6. The second kappa shape index (κ2) is 9.01. The molecule has 3 aromatic carbocycles. The molecule has 0 atom stereocenters. The van der Waals surface area contributed by atoms with Crippen molar-refractivity contribution in [2.24, 2.45) is 0 Å². The van der Waals surface area contributed by atoms with E-state index in [-0.39, 0.29) is 23.9 Å². The van der Waals surface area contributed by atoms with Gasteiger partial charge in [0.1, 0.15) is 23.9 Å². The number of allylic oxidation sites excluding steroid dienone is 1. The standard InChI is InChI=1S/C23H18F2O4/c1-28-22-10-3-15(2-9-21(27)16-4-7-19(26)8-5-16)12-17(22)14-29-23-11-6-18(24)13-20(23)25/h2-13,26H,14H2,1H3/b9-2+. The second-order valence-corrected chi connectivity index (χ2v) is 6.18. The van der Waals surface area contributed by atoms with Crippen LogP contribution in [0.15, 0.2) is 66.7 Å². The lowest BCUT2D eigenvalue weighted by atomic mass is 10.1. The molecule has 0 heterocycles. The van der Waals surface area contributed by atoms with Gasteiger partial charge in [-0.2, -0.15) is 0 Å². The smallest absolute Gasteiger partial charge is 0.185 e. The molecule has 0 amide bonds. The van der Waals surface area contributed by atoms with Crippen LogP contribution in [0.25, 0.3) is 6.08 Å². The summed E-state index contributed by atoms with van der Waals surface area (Å²) in [6.45, 7) is -0.000680. The van der Waals surface area contributed by atoms with Crippen molar-refractivity contribution in [3.8, 4) is 17.2 Å². The van der Waals surface area contributed by atoms with Crippen LogP contribution in [0.4, 0.5) is 8.78 Å². The molecule has 0 saturated heterocycles.